The molecule has 0 amide bonds. The number of nitrogens with one attached hydrogen (secondary N) is 1. The molecular formula is C15H16BrClFNS. The summed E-state index contributed by atoms with van der Waals surface area (Å²) in [7, 11) is 0. The molecule has 1 aromatic carbocycles. The van der Waals surface area contributed by atoms with Gasteiger partial charge in [-0.1, -0.05) is 24.6 Å². The fourth-order valence-corrected chi connectivity index (χ4v) is 4.32. The first-order valence-electron chi connectivity index (χ1n) is 6.47. The van der Waals surface area contributed by atoms with Gasteiger partial charge in [0.1, 0.15) is 5.82 Å². The Balaban J connectivity index is 2.44. The first kappa shape index (κ1) is 16.0. The van der Waals surface area contributed by atoms with Crippen molar-refractivity contribution in [3.63, 3.8) is 0 Å². The molecule has 0 saturated carbocycles. The molecule has 0 aliphatic heterocycles. The number of hydrogen-bond acceptors (Lipinski definition) is 2. The first-order chi connectivity index (χ1) is 9.52. The lowest BCUT2D eigenvalue weighted by Gasteiger charge is -2.20. The van der Waals surface area contributed by atoms with Crippen molar-refractivity contribution in [1.82, 2.24) is 5.32 Å². The zero-order valence-electron chi connectivity index (χ0n) is 11.3. The maximum absolute atomic E-state index is 13.2. The van der Waals surface area contributed by atoms with Crippen LogP contribution in [0.15, 0.2) is 28.7 Å². The van der Waals surface area contributed by atoms with Gasteiger partial charge in [0.2, 0.25) is 0 Å². The van der Waals surface area contributed by atoms with Gasteiger partial charge in [0, 0.05) is 19.2 Å². The molecule has 2 aromatic rings. The fourth-order valence-electron chi connectivity index (χ4n) is 2.07. The van der Waals surface area contributed by atoms with Crippen LogP contribution in [0.4, 0.5) is 4.39 Å². The van der Waals surface area contributed by atoms with E-state index >= 15 is 0 Å². The Morgan fingerprint density at radius 2 is 2.15 bits per heavy atom. The Kier molecular flexibility index (Phi) is 5.61. The molecule has 0 aliphatic carbocycles. The summed E-state index contributed by atoms with van der Waals surface area (Å²) < 4.78 is 14.3. The van der Waals surface area contributed by atoms with Gasteiger partial charge in [-0.2, -0.15) is 0 Å². The van der Waals surface area contributed by atoms with Crippen LogP contribution in [0.25, 0.3) is 0 Å². The van der Waals surface area contributed by atoms with Crippen molar-refractivity contribution in [2.75, 3.05) is 6.54 Å². The summed E-state index contributed by atoms with van der Waals surface area (Å²) in [5.41, 5.74) is 0.907. The monoisotopic (exact) mass is 375 g/mol. The van der Waals surface area contributed by atoms with E-state index in [0.717, 1.165) is 23.0 Å². The number of hydrogen-bond donors (Lipinski definition) is 1. The number of halogens is 3. The van der Waals surface area contributed by atoms with Crippen molar-refractivity contribution < 1.29 is 4.39 Å². The molecule has 2 rings (SSSR count). The van der Waals surface area contributed by atoms with E-state index in [1.807, 2.05) is 0 Å². The average molecular weight is 377 g/mol. The van der Waals surface area contributed by atoms with Crippen LogP contribution in [-0.4, -0.2) is 6.54 Å². The van der Waals surface area contributed by atoms with E-state index in [1.165, 1.54) is 21.9 Å². The molecule has 1 aromatic heterocycles. The molecule has 0 radical (unpaired) electrons. The smallest absolute Gasteiger partial charge is 0.124 e. The van der Waals surface area contributed by atoms with Gasteiger partial charge in [0.15, 0.2) is 0 Å². The highest BCUT2D eigenvalue weighted by atomic mass is 79.9. The van der Waals surface area contributed by atoms with Gasteiger partial charge in [-0.15, -0.1) is 11.3 Å². The molecule has 1 N–H and O–H groups in total. The van der Waals surface area contributed by atoms with E-state index in [1.54, 1.807) is 17.4 Å². The lowest BCUT2D eigenvalue weighted by molar-refractivity contribution is 0.598. The van der Waals surface area contributed by atoms with Gasteiger partial charge in [-0.05, 0) is 59.6 Å². The fraction of sp³-hybridized carbons (Fsp3) is 0.333. The van der Waals surface area contributed by atoms with Crippen molar-refractivity contribution in [2.45, 2.75) is 26.3 Å². The summed E-state index contributed by atoms with van der Waals surface area (Å²) in [5.74, 6) is -0.311. The highest BCUT2D eigenvalue weighted by Gasteiger charge is 2.21. The molecule has 0 aliphatic rings. The SMILES string of the molecule is CCCNC(c1ccc(F)cc1Cl)c1sc(C)cc1Br. The van der Waals surface area contributed by atoms with E-state index in [4.69, 9.17) is 11.6 Å². The minimum absolute atomic E-state index is 0.0175. The standard InChI is InChI=1S/C15H16BrClFNS/c1-3-6-19-14(15-12(16)7-9(2)20-15)11-5-4-10(18)8-13(11)17/h4-5,7-8,14,19H,3,6H2,1-2H3. The molecule has 1 atom stereocenters. The Bertz CT molecular complexity index is 600. The number of rotatable bonds is 5. The van der Waals surface area contributed by atoms with Crippen LogP contribution < -0.4 is 5.32 Å². The second kappa shape index (κ2) is 7.03. The lowest BCUT2D eigenvalue weighted by atomic mass is 10.0. The van der Waals surface area contributed by atoms with E-state index in [2.05, 4.69) is 41.2 Å². The number of thiophene rings is 1. The molecule has 0 bridgehead atoms. The minimum atomic E-state index is -0.311. The van der Waals surface area contributed by atoms with E-state index in [0.29, 0.717) is 5.02 Å². The molecule has 0 fully saturated rings. The van der Waals surface area contributed by atoms with E-state index in [-0.39, 0.29) is 11.9 Å². The lowest BCUT2D eigenvalue weighted by Crippen LogP contribution is -2.23. The Morgan fingerprint density at radius 3 is 2.70 bits per heavy atom. The maximum Gasteiger partial charge on any atom is 0.124 e. The van der Waals surface area contributed by atoms with Crippen molar-refractivity contribution in [3.05, 3.63) is 54.9 Å². The average Bonchev–Trinajstić information content (AvgIpc) is 2.71. The zero-order chi connectivity index (χ0) is 14.7. The van der Waals surface area contributed by atoms with Gasteiger partial charge >= 0.3 is 0 Å². The third kappa shape index (κ3) is 3.61. The minimum Gasteiger partial charge on any atom is -0.306 e. The number of aryl methyl sites for hydroxylation is 1. The normalized spacial score (nSPS) is 12.7. The van der Waals surface area contributed by atoms with Crippen LogP contribution >= 0.6 is 38.9 Å². The van der Waals surface area contributed by atoms with Gasteiger partial charge in [-0.25, -0.2) is 4.39 Å². The Hall–Kier alpha value is -0.420. The summed E-state index contributed by atoms with van der Waals surface area (Å²) in [5, 5.41) is 3.95. The maximum atomic E-state index is 13.2. The predicted molar refractivity (Wildman–Crippen MR) is 88.3 cm³/mol. The first-order valence-corrected chi connectivity index (χ1v) is 8.45. The Labute approximate surface area is 136 Å². The predicted octanol–water partition coefficient (Wildman–Crippen LogP) is 5.70. The second-order valence-corrected chi connectivity index (χ2v) is 7.17. The van der Waals surface area contributed by atoms with Gasteiger partial charge in [0.05, 0.1) is 6.04 Å². The molecule has 0 saturated heterocycles. The highest BCUT2D eigenvalue weighted by Crippen LogP contribution is 2.38. The largest absolute Gasteiger partial charge is 0.306 e. The third-order valence-electron chi connectivity index (χ3n) is 2.97. The van der Waals surface area contributed by atoms with Crippen LogP contribution in [0, 0.1) is 12.7 Å². The number of benzene rings is 1. The van der Waals surface area contributed by atoms with Crippen LogP contribution in [0.5, 0.6) is 0 Å². The molecule has 1 nitrogen and oxygen atoms in total. The molecule has 20 heavy (non-hydrogen) atoms. The molecule has 1 unspecified atom stereocenters. The quantitative estimate of drug-likeness (QED) is 0.705. The van der Waals surface area contributed by atoms with Gasteiger partial charge in [-0.3, -0.25) is 0 Å². The summed E-state index contributed by atoms with van der Waals surface area (Å²) in [4.78, 5) is 2.40. The summed E-state index contributed by atoms with van der Waals surface area (Å²) in [6.07, 6.45) is 1.03. The van der Waals surface area contributed by atoms with Crippen LogP contribution in [-0.2, 0) is 0 Å². The Morgan fingerprint density at radius 1 is 1.40 bits per heavy atom. The van der Waals surface area contributed by atoms with Gasteiger partial charge < -0.3 is 5.32 Å². The highest BCUT2D eigenvalue weighted by molar-refractivity contribution is 9.10. The van der Waals surface area contributed by atoms with Crippen LogP contribution in [0.3, 0.4) is 0 Å². The summed E-state index contributed by atoms with van der Waals surface area (Å²) >= 11 is 11.5. The van der Waals surface area contributed by atoms with Crippen LogP contribution in [0.2, 0.25) is 5.02 Å². The summed E-state index contributed by atoms with van der Waals surface area (Å²) in [6.45, 7) is 5.06. The van der Waals surface area contributed by atoms with Crippen molar-refractivity contribution in [2.24, 2.45) is 0 Å². The third-order valence-corrected chi connectivity index (χ3v) is 5.33. The van der Waals surface area contributed by atoms with Crippen molar-refractivity contribution in [3.8, 4) is 0 Å². The van der Waals surface area contributed by atoms with Gasteiger partial charge in [0.25, 0.3) is 0 Å². The molecule has 1 heterocycles. The van der Waals surface area contributed by atoms with Crippen LogP contribution in [0.1, 0.15) is 34.7 Å². The molecular weight excluding hydrogens is 361 g/mol. The molecule has 108 valence electrons. The molecule has 0 spiro atoms. The zero-order valence-corrected chi connectivity index (χ0v) is 14.5. The van der Waals surface area contributed by atoms with Crippen molar-refractivity contribution >= 4 is 38.9 Å². The molecule has 5 heteroatoms. The summed E-state index contributed by atoms with van der Waals surface area (Å²) in [6, 6.07) is 6.66. The van der Waals surface area contributed by atoms with E-state index in [9.17, 15) is 4.39 Å². The van der Waals surface area contributed by atoms with Crippen molar-refractivity contribution in [1.29, 1.82) is 0 Å². The topological polar surface area (TPSA) is 12.0 Å². The van der Waals surface area contributed by atoms with E-state index < -0.39 is 0 Å². The second-order valence-electron chi connectivity index (χ2n) is 4.62.